The average Bonchev–Trinajstić information content (AvgIpc) is 2.40. The third-order valence-electron chi connectivity index (χ3n) is 2.10. The van der Waals surface area contributed by atoms with Gasteiger partial charge in [-0.15, -0.1) is 6.42 Å². The zero-order valence-corrected chi connectivity index (χ0v) is 12.0. The topological polar surface area (TPSA) is 61.3 Å². The molecule has 0 saturated carbocycles. The van der Waals surface area contributed by atoms with Crippen molar-refractivity contribution in [2.45, 2.75) is 0 Å². The molecule has 0 spiro atoms. The van der Waals surface area contributed by atoms with E-state index in [0.717, 1.165) is 0 Å². The third-order valence-corrected chi connectivity index (χ3v) is 2.59. The Hall–Kier alpha value is -1.64. The van der Waals surface area contributed by atoms with Crippen LogP contribution in [0.1, 0.15) is 0 Å². The molecule has 1 aromatic rings. The fourth-order valence-electron chi connectivity index (χ4n) is 1.26. The smallest absolute Gasteiger partial charge is 0.191 e. The van der Waals surface area contributed by atoms with Crippen LogP contribution in [0.15, 0.2) is 17.3 Å². The number of nitrogens with zero attached hydrogens (tertiary/aromatic N) is 2. The largest absolute Gasteiger partial charge is 0.367 e. The zero-order chi connectivity index (χ0) is 14.1. The molecular weight excluding hydrogens is 285 g/mol. The predicted octanol–water partition coefficient (Wildman–Crippen LogP) is 1.60. The molecule has 102 valence electrons. The van der Waals surface area contributed by atoms with Crippen LogP contribution in [0.25, 0.3) is 0 Å². The summed E-state index contributed by atoms with van der Waals surface area (Å²) in [6, 6.07) is 1.64. The number of aliphatic imine (C=N–C) groups is 1. The summed E-state index contributed by atoms with van der Waals surface area (Å²) in [6.07, 6.45) is 6.69. The van der Waals surface area contributed by atoms with E-state index >= 15 is 0 Å². The number of terminal acetylenes is 1. The summed E-state index contributed by atoms with van der Waals surface area (Å²) in [4.78, 5) is 8.10. The van der Waals surface area contributed by atoms with Crippen molar-refractivity contribution in [3.8, 4) is 12.3 Å². The van der Waals surface area contributed by atoms with Gasteiger partial charge in [0.15, 0.2) is 5.96 Å². The maximum atomic E-state index is 5.98. The Morgan fingerprint density at radius 1 is 1.42 bits per heavy atom. The number of halogens is 2. The molecule has 1 aromatic heterocycles. The summed E-state index contributed by atoms with van der Waals surface area (Å²) in [7, 11) is 1.68. The Morgan fingerprint density at radius 3 is 2.84 bits per heavy atom. The monoisotopic (exact) mass is 299 g/mol. The van der Waals surface area contributed by atoms with E-state index in [1.807, 2.05) is 0 Å². The number of hydrogen-bond acceptors (Lipinski definition) is 3. The maximum Gasteiger partial charge on any atom is 0.191 e. The predicted molar refractivity (Wildman–Crippen MR) is 80.9 cm³/mol. The highest BCUT2D eigenvalue weighted by Crippen LogP contribution is 2.21. The Kier molecular flexibility index (Phi) is 6.86. The van der Waals surface area contributed by atoms with Crippen LogP contribution in [0.5, 0.6) is 0 Å². The number of anilines is 1. The van der Waals surface area contributed by atoms with E-state index in [9.17, 15) is 0 Å². The van der Waals surface area contributed by atoms with Crippen molar-refractivity contribution in [1.82, 2.24) is 15.6 Å². The van der Waals surface area contributed by atoms with Crippen LogP contribution in [-0.2, 0) is 0 Å². The summed E-state index contributed by atoms with van der Waals surface area (Å²) in [5.74, 6) is 3.72. The highest BCUT2D eigenvalue weighted by molar-refractivity contribution is 6.35. The van der Waals surface area contributed by atoms with Crippen LogP contribution < -0.4 is 16.0 Å². The number of pyridine rings is 1. The first kappa shape index (κ1) is 15.4. The van der Waals surface area contributed by atoms with Crippen LogP contribution in [0, 0.1) is 12.3 Å². The first-order valence-electron chi connectivity index (χ1n) is 5.60. The van der Waals surface area contributed by atoms with E-state index in [2.05, 4.69) is 31.8 Å². The van der Waals surface area contributed by atoms with Gasteiger partial charge in [0.05, 0.1) is 16.6 Å². The highest BCUT2D eigenvalue weighted by Gasteiger charge is 2.02. The minimum absolute atomic E-state index is 0.428. The summed E-state index contributed by atoms with van der Waals surface area (Å²) in [5, 5.41) is 10.1. The van der Waals surface area contributed by atoms with E-state index in [0.29, 0.717) is 41.5 Å². The second-order valence-electron chi connectivity index (χ2n) is 3.47. The number of hydrogen-bond donors (Lipinski definition) is 3. The van der Waals surface area contributed by atoms with Gasteiger partial charge in [-0.2, -0.15) is 0 Å². The molecule has 7 heteroatoms. The van der Waals surface area contributed by atoms with Crippen LogP contribution in [-0.4, -0.2) is 37.6 Å². The highest BCUT2D eigenvalue weighted by atomic mass is 35.5. The molecule has 5 nitrogen and oxygen atoms in total. The van der Waals surface area contributed by atoms with Gasteiger partial charge in [0.1, 0.15) is 5.82 Å². The standard InChI is InChI=1S/C12H15Cl2N5/c1-3-4-17-12(15-2)18-6-5-16-11-10(14)7-9(13)8-19-11/h1,7-8H,4-6H2,2H3,(H,16,19)(H2,15,17,18). The molecule has 0 fully saturated rings. The number of guanidine groups is 1. The summed E-state index contributed by atoms with van der Waals surface area (Å²) in [5.41, 5.74) is 0. The summed E-state index contributed by atoms with van der Waals surface area (Å²) >= 11 is 11.7. The third kappa shape index (κ3) is 5.69. The Bertz CT molecular complexity index is 481. The van der Waals surface area contributed by atoms with E-state index in [-0.39, 0.29) is 0 Å². The molecule has 0 aliphatic heterocycles. The summed E-state index contributed by atoms with van der Waals surface area (Å²) in [6.45, 7) is 1.70. The number of aromatic nitrogens is 1. The second kappa shape index (κ2) is 8.46. The van der Waals surface area contributed by atoms with E-state index < -0.39 is 0 Å². The van der Waals surface area contributed by atoms with Crippen molar-refractivity contribution in [3.05, 3.63) is 22.3 Å². The van der Waals surface area contributed by atoms with Gasteiger partial charge < -0.3 is 16.0 Å². The minimum atomic E-state index is 0.428. The number of nitrogens with one attached hydrogen (secondary N) is 3. The van der Waals surface area contributed by atoms with Crippen molar-refractivity contribution < 1.29 is 0 Å². The Balaban J connectivity index is 2.32. The molecule has 1 rings (SSSR count). The molecule has 19 heavy (non-hydrogen) atoms. The lowest BCUT2D eigenvalue weighted by Crippen LogP contribution is -2.39. The molecule has 0 atom stereocenters. The van der Waals surface area contributed by atoms with Gasteiger partial charge in [-0.1, -0.05) is 29.1 Å². The van der Waals surface area contributed by atoms with Crippen LogP contribution in [0.4, 0.5) is 5.82 Å². The molecule has 0 saturated heterocycles. The maximum absolute atomic E-state index is 5.98. The van der Waals surface area contributed by atoms with Crippen molar-refractivity contribution in [2.75, 3.05) is 32.0 Å². The van der Waals surface area contributed by atoms with Gasteiger partial charge in [0.25, 0.3) is 0 Å². The number of rotatable bonds is 5. The van der Waals surface area contributed by atoms with Crippen LogP contribution in [0.2, 0.25) is 10.0 Å². The lowest BCUT2D eigenvalue weighted by atomic mass is 10.4. The van der Waals surface area contributed by atoms with Gasteiger partial charge in [-0.05, 0) is 6.07 Å². The fourth-order valence-corrected chi connectivity index (χ4v) is 1.71. The van der Waals surface area contributed by atoms with E-state index in [1.54, 1.807) is 13.1 Å². The van der Waals surface area contributed by atoms with Gasteiger partial charge in [-0.3, -0.25) is 4.99 Å². The minimum Gasteiger partial charge on any atom is -0.367 e. The Labute approximate surface area is 122 Å². The van der Waals surface area contributed by atoms with Crippen molar-refractivity contribution in [1.29, 1.82) is 0 Å². The molecule has 0 amide bonds. The zero-order valence-electron chi connectivity index (χ0n) is 10.5. The normalized spacial score (nSPS) is 10.7. The molecule has 0 aromatic carbocycles. The molecule has 0 bridgehead atoms. The first-order valence-corrected chi connectivity index (χ1v) is 6.36. The summed E-state index contributed by atoms with van der Waals surface area (Å²) < 4.78 is 0. The fraction of sp³-hybridized carbons (Fsp3) is 0.333. The van der Waals surface area contributed by atoms with E-state index in [1.165, 1.54) is 6.20 Å². The second-order valence-corrected chi connectivity index (χ2v) is 4.31. The quantitative estimate of drug-likeness (QED) is 0.334. The molecular formula is C12H15Cl2N5. The van der Waals surface area contributed by atoms with Crippen molar-refractivity contribution in [3.63, 3.8) is 0 Å². The van der Waals surface area contributed by atoms with Gasteiger partial charge in [-0.25, -0.2) is 4.98 Å². The molecule has 0 aliphatic rings. The Morgan fingerprint density at radius 2 is 2.21 bits per heavy atom. The van der Waals surface area contributed by atoms with Crippen molar-refractivity contribution >= 4 is 35.0 Å². The van der Waals surface area contributed by atoms with Crippen LogP contribution in [0.3, 0.4) is 0 Å². The SMILES string of the molecule is C#CCNC(=NC)NCCNc1ncc(Cl)cc1Cl. The van der Waals surface area contributed by atoms with Crippen molar-refractivity contribution in [2.24, 2.45) is 4.99 Å². The van der Waals surface area contributed by atoms with Crippen LogP contribution >= 0.6 is 23.2 Å². The van der Waals surface area contributed by atoms with Gasteiger partial charge in [0.2, 0.25) is 0 Å². The molecule has 0 radical (unpaired) electrons. The lowest BCUT2D eigenvalue weighted by molar-refractivity contribution is 0.850. The molecule has 1 heterocycles. The van der Waals surface area contributed by atoms with Gasteiger partial charge >= 0.3 is 0 Å². The average molecular weight is 300 g/mol. The lowest BCUT2D eigenvalue weighted by Gasteiger charge is -2.11. The molecule has 3 N–H and O–H groups in total. The molecule has 0 aliphatic carbocycles. The van der Waals surface area contributed by atoms with Gasteiger partial charge in [0, 0.05) is 26.3 Å². The molecule has 0 unspecified atom stereocenters. The first-order chi connectivity index (χ1) is 9.17. The van der Waals surface area contributed by atoms with E-state index in [4.69, 9.17) is 29.6 Å².